The molecular formula is C16H20N4O2. The molecule has 3 rings (SSSR count). The van der Waals surface area contributed by atoms with Gasteiger partial charge in [0.1, 0.15) is 5.82 Å². The van der Waals surface area contributed by atoms with Gasteiger partial charge in [-0.3, -0.25) is 9.78 Å². The average Bonchev–Trinajstić information content (AvgIpc) is 3.02. The first-order valence-corrected chi connectivity index (χ1v) is 7.49. The Labute approximate surface area is 129 Å². The van der Waals surface area contributed by atoms with Crippen molar-refractivity contribution in [2.24, 2.45) is 0 Å². The second-order valence-corrected chi connectivity index (χ2v) is 5.54. The number of rotatable bonds is 5. The molecule has 22 heavy (non-hydrogen) atoms. The van der Waals surface area contributed by atoms with Crippen molar-refractivity contribution in [2.45, 2.75) is 12.3 Å². The van der Waals surface area contributed by atoms with E-state index in [4.69, 9.17) is 4.74 Å². The third-order valence-electron chi connectivity index (χ3n) is 3.99. The summed E-state index contributed by atoms with van der Waals surface area (Å²) in [6.07, 6.45) is 4.44. The lowest BCUT2D eigenvalue weighted by molar-refractivity contribution is 0.160. The minimum absolute atomic E-state index is 0.112. The van der Waals surface area contributed by atoms with Gasteiger partial charge in [-0.15, -0.1) is 0 Å². The third-order valence-corrected chi connectivity index (χ3v) is 3.99. The fraction of sp³-hybridized carbons (Fsp3) is 0.438. The van der Waals surface area contributed by atoms with E-state index < -0.39 is 0 Å². The van der Waals surface area contributed by atoms with E-state index in [9.17, 15) is 4.79 Å². The molecule has 1 atom stereocenters. The number of hydrogen-bond donors (Lipinski definition) is 1. The summed E-state index contributed by atoms with van der Waals surface area (Å²) in [4.78, 5) is 25.9. The lowest BCUT2D eigenvalue weighted by atomic mass is 10.1. The summed E-state index contributed by atoms with van der Waals surface area (Å²) in [5.74, 6) is 1.03. The molecule has 116 valence electrons. The molecule has 1 N–H and O–H groups in total. The monoisotopic (exact) mass is 300 g/mol. The van der Waals surface area contributed by atoms with E-state index in [1.54, 1.807) is 19.5 Å². The maximum absolute atomic E-state index is 11.9. The van der Waals surface area contributed by atoms with Crippen LogP contribution >= 0.6 is 0 Å². The van der Waals surface area contributed by atoms with Crippen LogP contribution in [0.4, 0.5) is 0 Å². The van der Waals surface area contributed by atoms with Crippen LogP contribution in [0.25, 0.3) is 11.3 Å². The van der Waals surface area contributed by atoms with Gasteiger partial charge < -0.3 is 14.6 Å². The van der Waals surface area contributed by atoms with E-state index in [2.05, 4.69) is 19.9 Å². The quantitative estimate of drug-likeness (QED) is 0.900. The van der Waals surface area contributed by atoms with Crippen molar-refractivity contribution in [1.82, 2.24) is 19.9 Å². The van der Waals surface area contributed by atoms with Crippen LogP contribution in [0.1, 0.15) is 18.2 Å². The summed E-state index contributed by atoms with van der Waals surface area (Å²) in [7, 11) is 1.71. The molecule has 1 aliphatic heterocycles. The molecule has 0 aliphatic carbocycles. The first kappa shape index (κ1) is 14.9. The predicted octanol–water partition coefficient (Wildman–Crippen LogP) is 1.27. The Hall–Kier alpha value is -2.05. The summed E-state index contributed by atoms with van der Waals surface area (Å²) in [5.41, 5.74) is 1.44. The van der Waals surface area contributed by atoms with Crippen molar-refractivity contribution in [3.05, 3.63) is 46.8 Å². The molecule has 0 bridgehead atoms. The molecule has 6 heteroatoms. The highest BCUT2D eigenvalue weighted by atomic mass is 16.5. The molecule has 1 fully saturated rings. The predicted molar refractivity (Wildman–Crippen MR) is 83.8 cm³/mol. The second-order valence-electron chi connectivity index (χ2n) is 5.54. The highest BCUT2D eigenvalue weighted by molar-refractivity contribution is 5.56. The van der Waals surface area contributed by atoms with Gasteiger partial charge in [0, 0.05) is 50.1 Å². The normalized spacial score (nSPS) is 18.7. The minimum atomic E-state index is -0.112. The zero-order valence-corrected chi connectivity index (χ0v) is 12.7. The van der Waals surface area contributed by atoms with Crippen molar-refractivity contribution in [2.75, 3.05) is 33.4 Å². The van der Waals surface area contributed by atoms with E-state index in [0.29, 0.717) is 5.69 Å². The van der Waals surface area contributed by atoms with Gasteiger partial charge >= 0.3 is 0 Å². The SMILES string of the molecule is COCCN1CC[C@@H](c2nc(-c3cccnc3)cc(=O)[nH]2)C1. The molecule has 0 unspecified atom stereocenters. The summed E-state index contributed by atoms with van der Waals surface area (Å²) in [6.45, 7) is 3.56. The molecule has 1 saturated heterocycles. The second kappa shape index (κ2) is 6.81. The van der Waals surface area contributed by atoms with Gasteiger partial charge in [-0.25, -0.2) is 4.98 Å². The summed E-state index contributed by atoms with van der Waals surface area (Å²) in [5, 5.41) is 0. The van der Waals surface area contributed by atoms with Gasteiger partial charge in [0.15, 0.2) is 0 Å². The van der Waals surface area contributed by atoms with Gasteiger partial charge in [0.2, 0.25) is 0 Å². The van der Waals surface area contributed by atoms with E-state index in [-0.39, 0.29) is 11.5 Å². The lowest BCUT2D eigenvalue weighted by Crippen LogP contribution is -2.25. The van der Waals surface area contributed by atoms with E-state index >= 15 is 0 Å². The van der Waals surface area contributed by atoms with Crippen LogP contribution in [0.2, 0.25) is 0 Å². The van der Waals surface area contributed by atoms with Gasteiger partial charge in [0.05, 0.1) is 12.3 Å². The van der Waals surface area contributed by atoms with Gasteiger partial charge in [0.25, 0.3) is 5.56 Å². The lowest BCUT2D eigenvalue weighted by Gasteiger charge is -2.15. The molecule has 0 spiro atoms. The van der Waals surface area contributed by atoms with Crippen LogP contribution in [-0.2, 0) is 4.74 Å². The van der Waals surface area contributed by atoms with Crippen LogP contribution in [0.15, 0.2) is 35.4 Å². The number of hydrogen-bond acceptors (Lipinski definition) is 5. The Bertz CT molecular complexity index is 671. The number of pyridine rings is 1. The number of aromatic amines is 1. The van der Waals surface area contributed by atoms with Crippen molar-refractivity contribution in [1.29, 1.82) is 0 Å². The number of nitrogens with zero attached hydrogens (tertiary/aromatic N) is 3. The standard InChI is InChI=1S/C16H20N4O2/c1-22-8-7-20-6-4-13(11-20)16-18-14(9-15(21)19-16)12-3-2-5-17-10-12/h2-3,5,9-10,13H,4,6-8,11H2,1H3,(H,18,19,21)/t13-/m1/s1. The Balaban J connectivity index is 1.80. The average molecular weight is 300 g/mol. The molecule has 0 aromatic carbocycles. The van der Waals surface area contributed by atoms with Crippen LogP contribution in [0.5, 0.6) is 0 Å². The van der Waals surface area contributed by atoms with E-state index in [0.717, 1.165) is 44.0 Å². The maximum atomic E-state index is 11.9. The number of likely N-dealkylation sites (tertiary alicyclic amines) is 1. The van der Waals surface area contributed by atoms with Crippen molar-refractivity contribution in [3.8, 4) is 11.3 Å². The molecule has 2 aromatic heterocycles. The van der Waals surface area contributed by atoms with Gasteiger partial charge in [-0.2, -0.15) is 0 Å². The maximum Gasteiger partial charge on any atom is 0.251 e. The Morgan fingerprint density at radius 2 is 2.41 bits per heavy atom. The Kier molecular flexibility index (Phi) is 4.60. The molecule has 0 amide bonds. The number of methoxy groups -OCH3 is 1. The zero-order valence-electron chi connectivity index (χ0n) is 12.7. The summed E-state index contributed by atoms with van der Waals surface area (Å²) in [6, 6.07) is 5.29. The molecule has 0 saturated carbocycles. The number of ether oxygens (including phenoxy) is 1. The third kappa shape index (κ3) is 3.40. The molecule has 0 radical (unpaired) electrons. The van der Waals surface area contributed by atoms with E-state index in [1.807, 2.05) is 12.1 Å². The van der Waals surface area contributed by atoms with E-state index in [1.165, 1.54) is 6.07 Å². The smallest absolute Gasteiger partial charge is 0.251 e. The number of H-pyrrole nitrogens is 1. The topological polar surface area (TPSA) is 71.1 Å². The van der Waals surface area contributed by atoms with Crippen LogP contribution in [0.3, 0.4) is 0 Å². The fourth-order valence-electron chi connectivity index (χ4n) is 2.81. The van der Waals surface area contributed by atoms with Crippen LogP contribution in [-0.4, -0.2) is 53.2 Å². The summed E-state index contributed by atoms with van der Waals surface area (Å²) >= 11 is 0. The van der Waals surface area contributed by atoms with Crippen LogP contribution < -0.4 is 5.56 Å². The highest BCUT2D eigenvalue weighted by Crippen LogP contribution is 2.25. The minimum Gasteiger partial charge on any atom is -0.383 e. The largest absolute Gasteiger partial charge is 0.383 e. The molecule has 3 heterocycles. The zero-order chi connectivity index (χ0) is 15.4. The number of nitrogens with one attached hydrogen (secondary N) is 1. The van der Waals surface area contributed by atoms with Gasteiger partial charge in [-0.05, 0) is 25.1 Å². The highest BCUT2D eigenvalue weighted by Gasteiger charge is 2.25. The van der Waals surface area contributed by atoms with Gasteiger partial charge in [-0.1, -0.05) is 0 Å². The van der Waals surface area contributed by atoms with Crippen molar-refractivity contribution < 1.29 is 4.74 Å². The van der Waals surface area contributed by atoms with Crippen molar-refractivity contribution >= 4 is 0 Å². The molecule has 6 nitrogen and oxygen atoms in total. The molecular weight excluding hydrogens is 280 g/mol. The fourth-order valence-corrected chi connectivity index (χ4v) is 2.81. The summed E-state index contributed by atoms with van der Waals surface area (Å²) < 4.78 is 5.12. The number of aromatic nitrogens is 3. The Morgan fingerprint density at radius 3 is 3.18 bits per heavy atom. The molecule has 2 aromatic rings. The molecule has 1 aliphatic rings. The van der Waals surface area contributed by atoms with Crippen molar-refractivity contribution in [3.63, 3.8) is 0 Å². The first-order valence-electron chi connectivity index (χ1n) is 7.49. The Morgan fingerprint density at radius 1 is 1.50 bits per heavy atom. The first-order chi connectivity index (χ1) is 10.8. The van der Waals surface area contributed by atoms with Crippen LogP contribution in [0, 0.1) is 0 Å².